The predicted molar refractivity (Wildman–Crippen MR) is 92.7 cm³/mol. The molecule has 2 aliphatic heterocycles. The summed E-state index contributed by atoms with van der Waals surface area (Å²) in [6.07, 6.45) is 8.08. The maximum Gasteiger partial charge on any atom is 0.225 e. The largest absolute Gasteiger partial charge is 0.376 e. The molecule has 132 valence electrons. The van der Waals surface area contributed by atoms with Crippen molar-refractivity contribution in [1.82, 2.24) is 14.9 Å². The average Bonchev–Trinajstić information content (AvgIpc) is 2.88. The fourth-order valence-corrected chi connectivity index (χ4v) is 3.52. The van der Waals surface area contributed by atoms with E-state index in [1.165, 1.54) is 0 Å². The summed E-state index contributed by atoms with van der Waals surface area (Å²) in [5, 5.41) is 0. The van der Waals surface area contributed by atoms with Gasteiger partial charge in [0.05, 0.1) is 12.3 Å². The zero-order chi connectivity index (χ0) is 16.9. The third-order valence-corrected chi connectivity index (χ3v) is 5.08. The topological polar surface area (TPSA) is 58.6 Å². The molecular formula is C18H28N4O2. The normalized spacial score (nSPS) is 23.4. The highest BCUT2D eigenvalue weighted by atomic mass is 16.5. The van der Waals surface area contributed by atoms with Gasteiger partial charge in [-0.25, -0.2) is 4.98 Å². The Morgan fingerprint density at radius 2 is 2.04 bits per heavy atom. The molecule has 0 N–H and O–H groups in total. The van der Waals surface area contributed by atoms with Crippen LogP contribution in [-0.2, 0) is 9.53 Å². The average molecular weight is 332 g/mol. The van der Waals surface area contributed by atoms with Crippen molar-refractivity contribution in [3.8, 4) is 0 Å². The molecule has 0 saturated carbocycles. The Hall–Kier alpha value is -1.69. The Morgan fingerprint density at radius 3 is 2.71 bits per heavy atom. The number of nitrogens with zero attached hydrogens (tertiary/aromatic N) is 4. The molecule has 0 bridgehead atoms. The Morgan fingerprint density at radius 1 is 1.25 bits per heavy atom. The number of amides is 1. The smallest absolute Gasteiger partial charge is 0.225 e. The van der Waals surface area contributed by atoms with E-state index in [1.807, 2.05) is 4.90 Å². The van der Waals surface area contributed by atoms with Gasteiger partial charge in [0.15, 0.2) is 0 Å². The lowest BCUT2D eigenvalue weighted by molar-refractivity contribution is -0.137. The highest BCUT2D eigenvalue weighted by Gasteiger charge is 2.31. The molecular weight excluding hydrogens is 304 g/mol. The quantitative estimate of drug-likeness (QED) is 0.847. The second-order valence-electron chi connectivity index (χ2n) is 7.12. The van der Waals surface area contributed by atoms with Gasteiger partial charge in [0, 0.05) is 51.1 Å². The van der Waals surface area contributed by atoms with Crippen molar-refractivity contribution in [2.75, 3.05) is 37.7 Å². The van der Waals surface area contributed by atoms with Crippen molar-refractivity contribution in [1.29, 1.82) is 0 Å². The van der Waals surface area contributed by atoms with E-state index in [4.69, 9.17) is 4.74 Å². The van der Waals surface area contributed by atoms with Crippen LogP contribution in [0.2, 0.25) is 0 Å². The van der Waals surface area contributed by atoms with Crippen LogP contribution in [0.5, 0.6) is 0 Å². The second kappa shape index (κ2) is 7.92. The van der Waals surface area contributed by atoms with Crippen LogP contribution in [0.3, 0.4) is 0 Å². The molecule has 3 rings (SSSR count). The number of carbonyl (C=O) groups is 1. The third kappa shape index (κ3) is 4.04. The van der Waals surface area contributed by atoms with Gasteiger partial charge in [0.1, 0.15) is 5.82 Å². The van der Waals surface area contributed by atoms with Crippen molar-refractivity contribution >= 4 is 11.7 Å². The lowest BCUT2D eigenvalue weighted by atomic mass is 9.94. The minimum absolute atomic E-state index is 0.129. The van der Waals surface area contributed by atoms with E-state index < -0.39 is 0 Å². The molecule has 2 aliphatic rings. The van der Waals surface area contributed by atoms with Crippen molar-refractivity contribution < 1.29 is 9.53 Å². The molecule has 0 aliphatic carbocycles. The lowest BCUT2D eigenvalue weighted by Gasteiger charge is -2.35. The van der Waals surface area contributed by atoms with Gasteiger partial charge in [0.2, 0.25) is 5.91 Å². The number of carbonyl (C=O) groups excluding carboxylic acids is 1. The lowest BCUT2D eigenvalue weighted by Crippen LogP contribution is -2.45. The predicted octanol–water partition coefficient (Wildman–Crippen LogP) is 1.97. The van der Waals surface area contributed by atoms with Crippen LogP contribution in [0.15, 0.2) is 18.6 Å². The molecule has 24 heavy (non-hydrogen) atoms. The summed E-state index contributed by atoms with van der Waals surface area (Å²) in [7, 11) is 0. The van der Waals surface area contributed by atoms with Crippen LogP contribution in [0, 0.1) is 11.8 Å². The first-order chi connectivity index (χ1) is 11.6. The van der Waals surface area contributed by atoms with Crippen LogP contribution >= 0.6 is 0 Å². The zero-order valence-corrected chi connectivity index (χ0v) is 14.7. The monoisotopic (exact) mass is 332 g/mol. The fraction of sp³-hybridized carbons (Fsp3) is 0.722. The summed E-state index contributed by atoms with van der Waals surface area (Å²) >= 11 is 0. The van der Waals surface area contributed by atoms with E-state index in [2.05, 4.69) is 28.7 Å². The number of hydrogen-bond acceptors (Lipinski definition) is 5. The number of piperidine rings is 1. The summed E-state index contributed by atoms with van der Waals surface area (Å²) in [5.41, 5.74) is 0. The summed E-state index contributed by atoms with van der Waals surface area (Å²) in [6.45, 7) is 8.39. The molecule has 6 nitrogen and oxygen atoms in total. The Bertz CT molecular complexity index is 529. The van der Waals surface area contributed by atoms with Gasteiger partial charge in [-0.05, 0) is 25.2 Å². The highest BCUT2D eigenvalue weighted by Crippen LogP contribution is 2.24. The first-order valence-corrected chi connectivity index (χ1v) is 9.06. The maximum absolute atomic E-state index is 12.9. The molecule has 0 aromatic carbocycles. The van der Waals surface area contributed by atoms with E-state index in [9.17, 15) is 4.79 Å². The highest BCUT2D eigenvalue weighted by molar-refractivity contribution is 5.79. The maximum atomic E-state index is 12.9. The van der Waals surface area contributed by atoms with Gasteiger partial charge in [-0.1, -0.05) is 13.8 Å². The number of anilines is 1. The Balaban J connectivity index is 1.56. The van der Waals surface area contributed by atoms with E-state index in [0.717, 1.165) is 57.9 Å². The number of ether oxygens (including phenoxy) is 1. The molecule has 1 aromatic heterocycles. The SMILES string of the molecule is CC(C)C1CN(C(=O)C2CCN(c3cnccn3)CC2)CCCO1. The van der Waals surface area contributed by atoms with Gasteiger partial charge in [0.25, 0.3) is 0 Å². The standard InChI is InChI=1S/C18H28N4O2/c1-14(2)16-13-22(8-3-11-24-16)18(23)15-4-9-21(10-5-15)17-12-19-6-7-20-17/h6-7,12,14-16H,3-5,8-11,13H2,1-2H3. The minimum atomic E-state index is 0.129. The summed E-state index contributed by atoms with van der Waals surface area (Å²) in [6, 6.07) is 0. The summed E-state index contributed by atoms with van der Waals surface area (Å²) in [4.78, 5) is 25.7. The van der Waals surface area contributed by atoms with Gasteiger partial charge >= 0.3 is 0 Å². The van der Waals surface area contributed by atoms with Crippen LogP contribution in [0.1, 0.15) is 33.1 Å². The summed E-state index contributed by atoms with van der Waals surface area (Å²) in [5.74, 6) is 1.79. The third-order valence-electron chi connectivity index (χ3n) is 5.08. The molecule has 1 amide bonds. The van der Waals surface area contributed by atoms with Crippen LogP contribution in [-0.4, -0.2) is 59.7 Å². The van der Waals surface area contributed by atoms with Crippen molar-refractivity contribution in [3.63, 3.8) is 0 Å². The number of aromatic nitrogens is 2. The van der Waals surface area contributed by atoms with Crippen molar-refractivity contribution in [2.45, 2.75) is 39.2 Å². The van der Waals surface area contributed by atoms with E-state index in [1.54, 1.807) is 18.6 Å². The molecule has 2 fully saturated rings. The Labute approximate surface area is 144 Å². The number of rotatable bonds is 3. The molecule has 0 spiro atoms. The van der Waals surface area contributed by atoms with Crippen LogP contribution < -0.4 is 4.90 Å². The van der Waals surface area contributed by atoms with Crippen LogP contribution in [0.25, 0.3) is 0 Å². The van der Waals surface area contributed by atoms with Crippen molar-refractivity contribution in [2.24, 2.45) is 11.8 Å². The molecule has 1 unspecified atom stereocenters. The minimum Gasteiger partial charge on any atom is -0.376 e. The van der Waals surface area contributed by atoms with E-state index >= 15 is 0 Å². The van der Waals surface area contributed by atoms with Crippen LogP contribution in [0.4, 0.5) is 5.82 Å². The zero-order valence-electron chi connectivity index (χ0n) is 14.7. The molecule has 2 saturated heterocycles. The number of hydrogen-bond donors (Lipinski definition) is 0. The van der Waals surface area contributed by atoms with Gasteiger partial charge in [-0.15, -0.1) is 0 Å². The first kappa shape index (κ1) is 17.1. The fourth-order valence-electron chi connectivity index (χ4n) is 3.52. The summed E-state index contributed by atoms with van der Waals surface area (Å²) < 4.78 is 5.89. The van der Waals surface area contributed by atoms with E-state index in [-0.39, 0.29) is 12.0 Å². The molecule has 6 heteroatoms. The van der Waals surface area contributed by atoms with Gasteiger partial charge in [-0.3, -0.25) is 9.78 Å². The molecule has 1 atom stereocenters. The van der Waals surface area contributed by atoms with Crippen molar-refractivity contribution in [3.05, 3.63) is 18.6 Å². The van der Waals surface area contributed by atoms with Gasteiger partial charge in [-0.2, -0.15) is 0 Å². The molecule has 0 radical (unpaired) electrons. The Kier molecular flexibility index (Phi) is 5.66. The first-order valence-electron chi connectivity index (χ1n) is 9.06. The van der Waals surface area contributed by atoms with E-state index in [0.29, 0.717) is 11.8 Å². The van der Waals surface area contributed by atoms with Gasteiger partial charge < -0.3 is 14.5 Å². The molecule has 3 heterocycles. The second-order valence-corrected chi connectivity index (χ2v) is 7.12. The molecule has 1 aromatic rings.